The van der Waals surface area contributed by atoms with Crippen LogP contribution in [-0.4, -0.2) is 51.5 Å². The van der Waals surface area contributed by atoms with Gasteiger partial charge in [0.2, 0.25) is 5.09 Å². The minimum absolute atomic E-state index is 0.153. The highest BCUT2D eigenvalue weighted by Gasteiger charge is 2.29. The third-order valence-corrected chi connectivity index (χ3v) is 9.47. The number of aryl methyl sites for hydroxylation is 1. The molecule has 5 aromatic rings. The fraction of sp³-hybridized carbons (Fsp3) is 0.273. The number of benzene rings is 1. The summed E-state index contributed by atoms with van der Waals surface area (Å²) in [7, 11) is -2.61. The average Bonchev–Trinajstić information content (AvgIpc) is 3.65. The lowest BCUT2D eigenvalue weighted by atomic mass is 9.97. The van der Waals surface area contributed by atoms with E-state index in [-0.39, 0.29) is 34.4 Å². The number of esters is 1. The number of anilines is 1. The molecule has 4 aromatic heterocycles. The van der Waals surface area contributed by atoms with Crippen molar-refractivity contribution >= 4 is 38.5 Å². The highest BCUT2D eigenvalue weighted by atomic mass is 32.2. The number of sulfonamides is 1. The average molecular weight is 691 g/mol. The number of rotatable bonds is 10. The van der Waals surface area contributed by atoms with Gasteiger partial charge in [0, 0.05) is 25.4 Å². The number of nitrogens with zero attached hydrogens (tertiary/aromatic N) is 4. The van der Waals surface area contributed by atoms with Crippen LogP contribution < -0.4 is 21.3 Å². The Balaban J connectivity index is 1.23. The van der Waals surface area contributed by atoms with E-state index in [0.717, 1.165) is 36.0 Å². The third kappa shape index (κ3) is 7.13. The number of carbonyl (C=O) groups is 2. The summed E-state index contributed by atoms with van der Waals surface area (Å²) in [6.07, 6.45) is 9.03. The Morgan fingerprint density at radius 1 is 1.08 bits per heavy atom. The summed E-state index contributed by atoms with van der Waals surface area (Å²) >= 11 is 0. The largest absolute Gasteiger partial charge is 0.461 e. The van der Waals surface area contributed by atoms with Crippen LogP contribution in [0.25, 0.3) is 16.6 Å². The van der Waals surface area contributed by atoms with Gasteiger partial charge in [-0.1, -0.05) is 6.42 Å². The number of amides is 1. The van der Waals surface area contributed by atoms with Crippen LogP contribution in [0.15, 0.2) is 92.5 Å². The van der Waals surface area contributed by atoms with Crippen LogP contribution in [0.3, 0.4) is 0 Å². The Bertz CT molecular complexity index is 2250. The number of halogens is 1. The van der Waals surface area contributed by atoms with Crippen LogP contribution in [0, 0.1) is 5.82 Å². The summed E-state index contributed by atoms with van der Waals surface area (Å²) in [4.78, 5) is 61.3. The molecule has 1 aromatic carbocycles. The molecule has 1 atom stereocenters. The zero-order chi connectivity index (χ0) is 34.7. The number of furan rings is 1. The number of hydrogen-bond acceptors (Lipinski definition) is 10. The summed E-state index contributed by atoms with van der Waals surface area (Å²) in [6, 6.07) is 8.94. The molecule has 6 rings (SSSR count). The monoisotopic (exact) mass is 690 g/mol. The molecular formula is C33H31FN6O8S. The lowest BCUT2D eigenvalue weighted by molar-refractivity contribution is -0.152. The first kappa shape index (κ1) is 33.3. The van der Waals surface area contributed by atoms with Crippen LogP contribution in [0.1, 0.15) is 48.2 Å². The highest BCUT2D eigenvalue weighted by Crippen LogP contribution is 2.22. The quantitative estimate of drug-likeness (QED) is 0.206. The van der Waals surface area contributed by atoms with Crippen molar-refractivity contribution < 1.29 is 31.6 Å². The molecule has 49 heavy (non-hydrogen) atoms. The van der Waals surface area contributed by atoms with Crippen LogP contribution in [0.4, 0.5) is 10.1 Å². The minimum atomic E-state index is -4.13. The molecule has 0 bridgehead atoms. The van der Waals surface area contributed by atoms with Gasteiger partial charge in [-0.05, 0) is 74.2 Å². The molecule has 4 heterocycles. The Labute approximate surface area is 278 Å². The van der Waals surface area contributed by atoms with Gasteiger partial charge in [-0.2, -0.15) is 8.42 Å². The van der Waals surface area contributed by atoms with Crippen molar-refractivity contribution in [2.75, 3.05) is 4.72 Å². The maximum Gasteiger partial charge on any atom is 0.335 e. The first-order valence-corrected chi connectivity index (χ1v) is 16.9. The van der Waals surface area contributed by atoms with Gasteiger partial charge in [0.1, 0.15) is 18.0 Å². The van der Waals surface area contributed by atoms with E-state index in [1.54, 1.807) is 0 Å². The fourth-order valence-corrected chi connectivity index (χ4v) is 6.62. The van der Waals surface area contributed by atoms with Crippen LogP contribution in [-0.2, 0) is 33.0 Å². The van der Waals surface area contributed by atoms with Gasteiger partial charge in [-0.25, -0.2) is 18.5 Å². The first-order valence-electron chi connectivity index (χ1n) is 15.4. The van der Waals surface area contributed by atoms with Gasteiger partial charge in [0.25, 0.3) is 21.5 Å². The van der Waals surface area contributed by atoms with Crippen LogP contribution in [0.5, 0.6) is 0 Å². The van der Waals surface area contributed by atoms with Crippen molar-refractivity contribution in [2.45, 2.75) is 55.8 Å². The van der Waals surface area contributed by atoms with Gasteiger partial charge in [-0.3, -0.25) is 28.8 Å². The van der Waals surface area contributed by atoms with Crippen molar-refractivity contribution in [2.24, 2.45) is 7.05 Å². The molecule has 14 nitrogen and oxygen atoms in total. The normalized spacial score (nSPS) is 14.3. The lowest BCUT2D eigenvalue weighted by Crippen LogP contribution is -2.45. The first-order chi connectivity index (χ1) is 23.5. The summed E-state index contributed by atoms with van der Waals surface area (Å²) in [6.45, 7) is 0. The van der Waals surface area contributed by atoms with E-state index in [2.05, 4.69) is 20.0 Å². The number of pyridine rings is 2. The molecule has 254 valence electrons. The topological polar surface area (TPSA) is 184 Å². The summed E-state index contributed by atoms with van der Waals surface area (Å²) in [5.74, 6) is -2.72. The van der Waals surface area contributed by atoms with Crippen molar-refractivity contribution in [3.05, 3.63) is 111 Å². The molecule has 0 aliphatic heterocycles. The number of ether oxygens (including phenoxy) is 1. The van der Waals surface area contributed by atoms with E-state index in [0.29, 0.717) is 24.1 Å². The minimum Gasteiger partial charge on any atom is -0.461 e. The molecule has 1 amide bonds. The van der Waals surface area contributed by atoms with Crippen molar-refractivity contribution in [1.82, 2.24) is 24.4 Å². The zero-order valence-electron chi connectivity index (χ0n) is 26.2. The third-order valence-electron chi connectivity index (χ3n) is 8.20. The number of hydrogen-bond donors (Lipinski definition) is 2. The van der Waals surface area contributed by atoms with Crippen molar-refractivity contribution in [1.29, 1.82) is 0 Å². The van der Waals surface area contributed by atoms with Gasteiger partial charge in [0.15, 0.2) is 0 Å². The molecule has 2 N–H and O–H groups in total. The maximum atomic E-state index is 15.2. The molecule has 16 heteroatoms. The molecule has 0 saturated heterocycles. The molecule has 1 fully saturated rings. The molecule has 0 unspecified atom stereocenters. The standard InChI is InChI=1S/C33H31FN6O8S/c1-39-28-19-35-14-13-25(28)31(42)40(33(39)44)22-11-9-20(36-18-22)17-27(32(43)48-23-6-3-2-4-7-23)37-30(41)24-12-10-21(16-26(24)34)38-49(45,46)29-8-5-15-47-29/h5,8-16,18-19,23,27,38H,2-4,6-7,17H2,1H3,(H,37,41)/t27-/m0/s1. The zero-order valence-corrected chi connectivity index (χ0v) is 27.0. The van der Waals surface area contributed by atoms with Gasteiger partial charge in [0.05, 0.1) is 46.5 Å². The SMILES string of the molecule is Cn1c(=O)n(-c2ccc(C[C@H](NC(=O)c3ccc(NS(=O)(=O)c4ccco4)cc3F)C(=O)OC3CCCCC3)nc2)c(=O)c2ccncc21. The molecule has 1 aliphatic rings. The van der Waals surface area contributed by atoms with Crippen molar-refractivity contribution in [3.63, 3.8) is 0 Å². The summed E-state index contributed by atoms with van der Waals surface area (Å²) in [5, 5.41) is 2.44. The second-order valence-corrected chi connectivity index (χ2v) is 13.2. The van der Waals surface area contributed by atoms with E-state index in [9.17, 15) is 27.6 Å². The summed E-state index contributed by atoms with van der Waals surface area (Å²) < 4.78 is 55.1. The maximum absolute atomic E-state index is 15.2. The highest BCUT2D eigenvalue weighted by molar-refractivity contribution is 7.92. The molecule has 1 saturated carbocycles. The second-order valence-electron chi connectivity index (χ2n) is 11.5. The van der Waals surface area contributed by atoms with Crippen LogP contribution >= 0.6 is 0 Å². The summed E-state index contributed by atoms with van der Waals surface area (Å²) in [5.41, 5.74) is -0.895. The predicted octanol–water partition coefficient (Wildman–Crippen LogP) is 3.23. The lowest BCUT2D eigenvalue weighted by Gasteiger charge is -2.25. The molecular weight excluding hydrogens is 659 g/mol. The van der Waals surface area contributed by atoms with Gasteiger partial charge < -0.3 is 14.5 Å². The van der Waals surface area contributed by atoms with E-state index >= 15 is 4.39 Å². The van der Waals surface area contributed by atoms with E-state index in [4.69, 9.17) is 9.15 Å². The second kappa shape index (κ2) is 13.8. The Morgan fingerprint density at radius 2 is 1.88 bits per heavy atom. The van der Waals surface area contributed by atoms with E-state index in [1.807, 2.05) is 0 Å². The van der Waals surface area contributed by atoms with Crippen molar-refractivity contribution in [3.8, 4) is 5.69 Å². The van der Waals surface area contributed by atoms with Gasteiger partial charge >= 0.3 is 11.7 Å². The Kier molecular flexibility index (Phi) is 9.40. The Morgan fingerprint density at radius 3 is 2.57 bits per heavy atom. The Hall–Kier alpha value is -5.64. The van der Waals surface area contributed by atoms with Gasteiger partial charge in [-0.15, -0.1) is 0 Å². The van der Waals surface area contributed by atoms with E-state index < -0.39 is 50.6 Å². The molecule has 1 aliphatic carbocycles. The number of nitrogens with one attached hydrogen (secondary N) is 2. The predicted molar refractivity (Wildman–Crippen MR) is 174 cm³/mol. The smallest absolute Gasteiger partial charge is 0.335 e. The number of fused-ring (bicyclic) bond motifs is 1. The molecule has 0 spiro atoms. The van der Waals surface area contributed by atoms with E-state index in [1.165, 1.54) is 72.9 Å². The number of carbonyl (C=O) groups excluding carboxylic acids is 2. The number of aromatic nitrogens is 4. The molecule has 0 radical (unpaired) electrons. The van der Waals surface area contributed by atoms with Crippen LogP contribution in [0.2, 0.25) is 0 Å². The fourth-order valence-electron chi connectivity index (χ4n) is 5.64.